The molecule has 2 N–H and O–H groups in total. The van der Waals surface area contributed by atoms with Crippen molar-refractivity contribution in [2.75, 3.05) is 4.90 Å². The fourth-order valence-corrected chi connectivity index (χ4v) is 3.82. The van der Waals surface area contributed by atoms with Crippen LogP contribution in [0.1, 0.15) is 13.3 Å². The van der Waals surface area contributed by atoms with E-state index >= 15 is 0 Å². The number of hydrogen-bond donors (Lipinski definition) is 2. The highest BCUT2D eigenvalue weighted by atomic mass is 16.5. The smallest absolute Gasteiger partial charge is 0.242 e. The van der Waals surface area contributed by atoms with Gasteiger partial charge in [0, 0.05) is 25.7 Å². The number of aliphatic hydroxyl groups is 1. The molecule has 136 valence electrons. The molecule has 8 nitrogen and oxygen atoms in total. The van der Waals surface area contributed by atoms with Crippen molar-refractivity contribution < 1.29 is 19.4 Å². The minimum atomic E-state index is -0.918. The van der Waals surface area contributed by atoms with E-state index in [-0.39, 0.29) is 24.5 Å². The van der Waals surface area contributed by atoms with Crippen LogP contribution in [0.2, 0.25) is 0 Å². The van der Waals surface area contributed by atoms with Crippen LogP contribution in [0.25, 0.3) is 0 Å². The predicted molar refractivity (Wildman–Crippen MR) is 92.6 cm³/mol. The topological polar surface area (TPSA) is 96.7 Å². The second-order valence-corrected chi connectivity index (χ2v) is 6.61. The van der Waals surface area contributed by atoms with Gasteiger partial charge in [-0.1, -0.05) is 12.1 Å². The van der Waals surface area contributed by atoms with Crippen LogP contribution in [0.4, 0.5) is 5.69 Å². The van der Waals surface area contributed by atoms with E-state index in [0.29, 0.717) is 17.9 Å². The van der Waals surface area contributed by atoms with E-state index in [9.17, 15) is 14.7 Å². The maximum Gasteiger partial charge on any atom is 0.242 e. The number of hydrogen-bond acceptors (Lipinski definition) is 5. The van der Waals surface area contributed by atoms with Crippen molar-refractivity contribution in [3.05, 3.63) is 42.7 Å². The number of carbonyl (C=O) groups is 2. The van der Waals surface area contributed by atoms with Crippen molar-refractivity contribution in [3.63, 3.8) is 0 Å². The number of rotatable bonds is 3. The van der Waals surface area contributed by atoms with Crippen LogP contribution in [-0.4, -0.2) is 51.0 Å². The summed E-state index contributed by atoms with van der Waals surface area (Å²) < 4.78 is 7.51. The number of aliphatic hydroxyl groups excluding tert-OH is 1. The van der Waals surface area contributed by atoms with Crippen LogP contribution >= 0.6 is 0 Å². The molecule has 0 radical (unpaired) electrons. The van der Waals surface area contributed by atoms with Gasteiger partial charge in [0.25, 0.3) is 0 Å². The molecule has 1 saturated carbocycles. The molecule has 2 heterocycles. The summed E-state index contributed by atoms with van der Waals surface area (Å²) in [5, 5.41) is 17.6. The number of ether oxygens (including phenoxy) is 1. The van der Waals surface area contributed by atoms with Gasteiger partial charge in [0.2, 0.25) is 11.8 Å². The average Bonchev–Trinajstić information content (AvgIpc) is 3.21. The molecule has 1 fully saturated rings. The maximum absolute atomic E-state index is 12.3. The molecule has 4 atom stereocenters. The molecule has 1 aromatic heterocycles. The first kappa shape index (κ1) is 16.6. The molecular formula is C18H20N4O4. The summed E-state index contributed by atoms with van der Waals surface area (Å²) in [6.45, 7) is 1.54. The van der Waals surface area contributed by atoms with E-state index in [1.165, 1.54) is 11.6 Å². The minimum Gasteiger partial charge on any atom is -0.486 e. The van der Waals surface area contributed by atoms with Gasteiger partial charge in [-0.25, -0.2) is 0 Å². The molecule has 1 aliphatic carbocycles. The van der Waals surface area contributed by atoms with Gasteiger partial charge in [-0.2, -0.15) is 5.10 Å². The van der Waals surface area contributed by atoms with Crippen molar-refractivity contribution in [2.45, 2.75) is 44.2 Å². The van der Waals surface area contributed by atoms with E-state index in [2.05, 4.69) is 10.4 Å². The number of nitrogens with zero attached hydrogens (tertiary/aromatic N) is 3. The van der Waals surface area contributed by atoms with Crippen LogP contribution in [0.5, 0.6) is 5.75 Å². The maximum atomic E-state index is 12.3. The Balaban J connectivity index is 1.53. The zero-order chi connectivity index (χ0) is 18.3. The van der Waals surface area contributed by atoms with Crippen molar-refractivity contribution in [2.24, 2.45) is 0 Å². The fourth-order valence-electron chi connectivity index (χ4n) is 3.82. The predicted octanol–water partition coefficient (Wildman–Crippen LogP) is 0.315. The second-order valence-electron chi connectivity index (χ2n) is 6.61. The summed E-state index contributed by atoms with van der Waals surface area (Å²) in [6, 6.07) is 7.97. The molecular weight excluding hydrogens is 336 g/mol. The third kappa shape index (κ3) is 2.82. The fraction of sp³-hybridized carbons (Fsp3) is 0.389. The Hall–Kier alpha value is -2.87. The third-order valence-electron chi connectivity index (χ3n) is 4.88. The molecule has 0 unspecified atom stereocenters. The van der Waals surface area contributed by atoms with Crippen LogP contribution in [-0.2, 0) is 16.1 Å². The molecule has 2 amide bonds. The lowest BCUT2D eigenvalue weighted by atomic mass is 10.1. The Morgan fingerprint density at radius 2 is 2.15 bits per heavy atom. The summed E-state index contributed by atoms with van der Waals surface area (Å²) in [4.78, 5) is 26.1. The minimum absolute atomic E-state index is 0.0725. The van der Waals surface area contributed by atoms with Crippen LogP contribution < -0.4 is 15.0 Å². The summed E-state index contributed by atoms with van der Waals surface area (Å²) in [7, 11) is 0. The Morgan fingerprint density at radius 3 is 2.88 bits per heavy atom. The quantitative estimate of drug-likeness (QED) is 0.825. The number of benzene rings is 1. The zero-order valence-corrected chi connectivity index (χ0v) is 14.3. The summed E-state index contributed by atoms with van der Waals surface area (Å²) in [5.41, 5.74) is 0.642. The van der Waals surface area contributed by atoms with E-state index in [1.807, 2.05) is 12.1 Å². The lowest BCUT2D eigenvalue weighted by molar-refractivity contribution is -0.123. The summed E-state index contributed by atoms with van der Waals surface area (Å²) in [6.07, 6.45) is 2.43. The molecule has 8 heteroatoms. The second kappa shape index (κ2) is 6.45. The van der Waals surface area contributed by atoms with Crippen LogP contribution in [0.3, 0.4) is 0 Å². The number of fused-ring (bicyclic) bond motifs is 2. The average molecular weight is 356 g/mol. The Bertz CT molecular complexity index is 822. The lowest BCUT2D eigenvalue weighted by Crippen LogP contribution is -2.55. The molecule has 2 aliphatic rings. The first-order valence-corrected chi connectivity index (χ1v) is 8.55. The van der Waals surface area contributed by atoms with Crippen molar-refractivity contribution in [3.8, 4) is 5.75 Å². The molecule has 0 saturated heterocycles. The number of anilines is 1. The number of nitrogens with one attached hydrogen (secondary N) is 1. The van der Waals surface area contributed by atoms with Gasteiger partial charge < -0.3 is 15.2 Å². The van der Waals surface area contributed by atoms with Crippen LogP contribution in [0.15, 0.2) is 42.7 Å². The van der Waals surface area contributed by atoms with Crippen molar-refractivity contribution in [1.29, 1.82) is 0 Å². The number of carbonyl (C=O) groups excluding carboxylic acids is 2. The van der Waals surface area contributed by atoms with E-state index in [1.54, 1.807) is 35.5 Å². The molecule has 1 aromatic carbocycles. The normalized spacial score (nSPS) is 26.6. The van der Waals surface area contributed by atoms with Gasteiger partial charge in [0.1, 0.15) is 24.4 Å². The first-order chi connectivity index (χ1) is 12.5. The number of para-hydroxylation sites is 2. The SMILES string of the molecule is CC(=O)N1c2ccccc2O[C@@H]2C[C@@H](NC(=O)Cn3cccn3)[C@@H](O)[C@@H]21. The van der Waals surface area contributed by atoms with Gasteiger partial charge in [-0.05, 0) is 18.2 Å². The Morgan fingerprint density at radius 1 is 1.35 bits per heavy atom. The van der Waals surface area contributed by atoms with E-state index in [4.69, 9.17) is 4.74 Å². The number of amides is 2. The van der Waals surface area contributed by atoms with Crippen molar-refractivity contribution in [1.82, 2.24) is 15.1 Å². The highest BCUT2D eigenvalue weighted by Crippen LogP contribution is 2.41. The van der Waals surface area contributed by atoms with E-state index in [0.717, 1.165) is 0 Å². The standard InChI is InChI=1S/C18H20N4O4/c1-11(23)22-13-5-2-3-6-14(13)26-15-9-12(18(25)17(15)22)20-16(24)10-21-8-4-7-19-21/h2-8,12,15,17-18,25H,9-10H2,1H3,(H,20,24)/t12-,15-,17-,18-/m1/s1. The van der Waals surface area contributed by atoms with Crippen LogP contribution in [0, 0.1) is 0 Å². The molecule has 1 aliphatic heterocycles. The lowest BCUT2D eigenvalue weighted by Gasteiger charge is -2.39. The van der Waals surface area contributed by atoms with Crippen molar-refractivity contribution >= 4 is 17.5 Å². The van der Waals surface area contributed by atoms with Gasteiger partial charge >= 0.3 is 0 Å². The zero-order valence-electron chi connectivity index (χ0n) is 14.3. The summed E-state index contributed by atoms with van der Waals surface area (Å²) >= 11 is 0. The molecule has 0 spiro atoms. The molecule has 2 aromatic rings. The first-order valence-electron chi connectivity index (χ1n) is 8.55. The molecule has 26 heavy (non-hydrogen) atoms. The Labute approximate surface area is 150 Å². The highest BCUT2D eigenvalue weighted by molar-refractivity contribution is 5.94. The van der Waals surface area contributed by atoms with Gasteiger partial charge in [-0.3, -0.25) is 19.2 Å². The molecule has 0 bridgehead atoms. The van der Waals surface area contributed by atoms with E-state index < -0.39 is 18.2 Å². The monoisotopic (exact) mass is 356 g/mol. The van der Waals surface area contributed by atoms with Gasteiger partial charge in [0.15, 0.2) is 0 Å². The Kier molecular flexibility index (Phi) is 4.12. The number of aromatic nitrogens is 2. The van der Waals surface area contributed by atoms with Gasteiger partial charge in [-0.15, -0.1) is 0 Å². The van der Waals surface area contributed by atoms with Gasteiger partial charge in [0.05, 0.1) is 17.8 Å². The molecule has 4 rings (SSSR count). The highest BCUT2D eigenvalue weighted by Gasteiger charge is 2.51. The third-order valence-corrected chi connectivity index (χ3v) is 4.88. The largest absolute Gasteiger partial charge is 0.486 e. The summed E-state index contributed by atoms with van der Waals surface area (Å²) in [5.74, 6) is 0.196.